The van der Waals surface area contributed by atoms with Crippen LogP contribution >= 0.6 is 0 Å². The Bertz CT molecular complexity index is 499. The van der Waals surface area contributed by atoms with Crippen LogP contribution in [0.5, 0.6) is 0 Å². The van der Waals surface area contributed by atoms with Gasteiger partial charge in [0.1, 0.15) is 18.0 Å². The lowest BCUT2D eigenvalue weighted by atomic mass is 9.82. The molecule has 0 fully saturated rings. The van der Waals surface area contributed by atoms with Crippen molar-refractivity contribution in [3.05, 3.63) is 34.6 Å². The van der Waals surface area contributed by atoms with Crippen LogP contribution in [0, 0.1) is 0 Å². The number of hydrogen-bond acceptors (Lipinski definition) is 4. The number of carbonyl (C=O) groups excluding carboxylic acids is 1. The van der Waals surface area contributed by atoms with Crippen LogP contribution in [0.4, 0.5) is 0 Å². The maximum absolute atomic E-state index is 11.8. The van der Waals surface area contributed by atoms with Gasteiger partial charge in [0.15, 0.2) is 0 Å². The summed E-state index contributed by atoms with van der Waals surface area (Å²) in [4.78, 5) is 11.8. The van der Waals surface area contributed by atoms with Crippen LogP contribution in [0.1, 0.15) is 39.5 Å². The maximum atomic E-state index is 11.8. The van der Waals surface area contributed by atoms with Gasteiger partial charge in [-0.15, -0.1) is 0 Å². The molecule has 0 spiro atoms. The van der Waals surface area contributed by atoms with E-state index in [1.54, 1.807) is 7.11 Å². The normalized spacial score (nSPS) is 27.5. The van der Waals surface area contributed by atoms with E-state index in [-0.39, 0.29) is 19.0 Å². The minimum absolute atomic E-state index is 0.0112. The molecule has 1 aliphatic heterocycles. The monoisotopic (exact) mass is 278 g/mol. The molecule has 0 aromatic carbocycles. The van der Waals surface area contributed by atoms with Crippen molar-refractivity contribution in [1.29, 1.82) is 0 Å². The van der Waals surface area contributed by atoms with Crippen LogP contribution < -0.4 is 0 Å². The minimum atomic E-state index is -1.18. The molecule has 0 bridgehead atoms. The van der Waals surface area contributed by atoms with E-state index in [0.29, 0.717) is 6.42 Å². The Balaban J connectivity index is 2.64. The van der Waals surface area contributed by atoms with Crippen molar-refractivity contribution in [3.63, 3.8) is 0 Å². The second kappa shape index (κ2) is 5.83. The third-order valence-corrected chi connectivity index (χ3v) is 4.06. The molecule has 1 atom stereocenters. The second-order valence-electron chi connectivity index (χ2n) is 5.37. The summed E-state index contributed by atoms with van der Waals surface area (Å²) in [6, 6.07) is 0. The second-order valence-corrected chi connectivity index (χ2v) is 5.37. The Morgan fingerprint density at radius 2 is 2.25 bits per heavy atom. The van der Waals surface area contributed by atoms with Gasteiger partial charge in [0.2, 0.25) is 0 Å². The van der Waals surface area contributed by atoms with E-state index in [9.17, 15) is 9.90 Å². The number of allylic oxidation sites excluding steroid dienone is 2. The molecule has 2 aliphatic rings. The first kappa shape index (κ1) is 14.9. The standard InChI is InChI=1S/C16H22O4/c1-4-16(18)9-14(17)20-10-12-13(16)8-6-5-7-11(2)15(12)19-3/h6,8,18H,4-5,7,9-10H2,1-3H3. The van der Waals surface area contributed by atoms with Crippen LogP contribution in [-0.2, 0) is 14.3 Å². The van der Waals surface area contributed by atoms with Crippen molar-refractivity contribution in [2.75, 3.05) is 13.7 Å². The molecule has 1 unspecified atom stereocenters. The number of cyclic esters (lactones) is 1. The van der Waals surface area contributed by atoms with Crippen LogP contribution in [-0.4, -0.2) is 30.4 Å². The molecule has 0 radical (unpaired) electrons. The summed E-state index contributed by atoms with van der Waals surface area (Å²) in [5, 5.41) is 10.9. The smallest absolute Gasteiger partial charge is 0.309 e. The highest BCUT2D eigenvalue weighted by atomic mass is 16.5. The van der Waals surface area contributed by atoms with Crippen LogP contribution in [0.2, 0.25) is 0 Å². The van der Waals surface area contributed by atoms with Gasteiger partial charge in [0.05, 0.1) is 13.5 Å². The number of hydrogen-bond donors (Lipinski definition) is 1. The minimum Gasteiger partial charge on any atom is -0.496 e. The highest BCUT2D eigenvalue weighted by Gasteiger charge is 2.38. The summed E-state index contributed by atoms with van der Waals surface area (Å²) >= 11 is 0. The van der Waals surface area contributed by atoms with E-state index >= 15 is 0 Å². The molecule has 1 heterocycles. The highest BCUT2D eigenvalue weighted by Crippen LogP contribution is 2.37. The molecule has 0 aromatic heterocycles. The van der Waals surface area contributed by atoms with Crippen LogP contribution in [0.15, 0.2) is 34.6 Å². The number of ether oxygens (including phenoxy) is 2. The molecule has 1 aliphatic carbocycles. The Morgan fingerprint density at radius 1 is 1.50 bits per heavy atom. The fraction of sp³-hybridized carbons (Fsp3) is 0.562. The molecule has 1 N–H and O–H groups in total. The first-order valence-electron chi connectivity index (χ1n) is 7.04. The summed E-state index contributed by atoms with van der Waals surface area (Å²) in [5.74, 6) is 0.369. The van der Waals surface area contributed by atoms with E-state index in [0.717, 1.165) is 35.3 Å². The lowest BCUT2D eigenvalue weighted by molar-refractivity contribution is -0.145. The zero-order valence-electron chi connectivity index (χ0n) is 12.4. The summed E-state index contributed by atoms with van der Waals surface area (Å²) in [5.41, 5.74) is 1.47. The lowest BCUT2D eigenvalue weighted by Crippen LogP contribution is -2.32. The number of esters is 1. The van der Waals surface area contributed by atoms with Crippen molar-refractivity contribution in [3.8, 4) is 0 Å². The molecule has 110 valence electrons. The van der Waals surface area contributed by atoms with E-state index in [1.165, 1.54) is 0 Å². The summed E-state index contributed by atoms with van der Waals surface area (Å²) in [6.07, 6.45) is 6.21. The molecule has 0 aromatic rings. The van der Waals surface area contributed by atoms with E-state index in [2.05, 4.69) is 0 Å². The number of rotatable bonds is 2. The van der Waals surface area contributed by atoms with Gasteiger partial charge in [-0.05, 0) is 37.3 Å². The van der Waals surface area contributed by atoms with Gasteiger partial charge >= 0.3 is 5.97 Å². The molecule has 4 heteroatoms. The molecule has 0 saturated carbocycles. The molecular formula is C16H22O4. The van der Waals surface area contributed by atoms with Crippen molar-refractivity contribution >= 4 is 5.97 Å². The van der Waals surface area contributed by atoms with Crippen LogP contribution in [0.25, 0.3) is 0 Å². The number of aliphatic hydroxyl groups is 1. The van der Waals surface area contributed by atoms with E-state index in [1.807, 2.05) is 26.0 Å². The van der Waals surface area contributed by atoms with Gasteiger partial charge in [0, 0.05) is 5.57 Å². The van der Waals surface area contributed by atoms with Crippen molar-refractivity contribution in [1.82, 2.24) is 0 Å². The SMILES string of the molecule is CCC1(O)CC(=O)OCC2=C1C=CCCC(C)=C2OC. The molecular weight excluding hydrogens is 256 g/mol. The summed E-state index contributed by atoms with van der Waals surface area (Å²) in [7, 11) is 1.62. The zero-order valence-corrected chi connectivity index (χ0v) is 12.4. The van der Waals surface area contributed by atoms with Crippen molar-refractivity contribution in [2.45, 2.75) is 45.1 Å². The predicted octanol–water partition coefficient (Wildman–Crippen LogP) is 2.64. The van der Waals surface area contributed by atoms with E-state index < -0.39 is 5.60 Å². The van der Waals surface area contributed by atoms with Crippen molar-refractivity contribution in [2.24, 2.45) is 0 Å². The largest absolute Gasteiger partial charge is 0.496 e. The quantitative estimate of drug-likeness (QED) is 0.789. The Kier molecular flexibility index (Phi) is 4.33. The average Bonchev–Trinajstić information content (AvgIpc) is 2.52. The molecule has 0 amide bonds. The van der Waals surface area contributed by atoms with Crippen molar-refractivity contribution < 1.29 is 19.4 Å². The fourth-order valence-electron chi connectivity index (χ4n) is 2.82. The molecule has 4 nitrogen and oxygen atoms in total. The third-order valence-electron chi connectivity index (χ3n) is 4.06. The maximum Gasteiger partial charge on any atom is 0.309 e. The van der Waals surface area contributed by atoms with Gasteiger partial charge in [-0.2, -0.15) is 0 Å². The fourth-order valence-corrected chi connectivity index (χ4v) is 2.82. The number of methoxy groups -OCH3 is 1. The molecule has 20 heavy (non-hydrogen) atoms. The van der Waals surface area contributed by atoms with Gasteiger partial charge in [-0.3, -0.25) is 4.79 Å². The van der Waals surface area contributed by atoms with Crippen LogP contribution in [0.3, 0.4) is 0 Å². The Hall–Kier alpha value is -1.55. The first-order valence-corrected chi connectivity index (χ1v) is 7.04. The molecule has 2 rings (SSSR count). The van der Waals surface area contributed by atoms with Gasteiger partial charge in [0.25, 0.3) is 0 Å². The lowest BCUT2D eigenvalue weighted by Gasteiger charge is -2.28. The first-order chi connectivity index (χ1) is 9.51. The number of carbonyl (C=O) groups is 1. The predicted molar refractivity (Wildman–Crippen MR) is 75.9 cm³/mol. The summed E-state index contributed by atoms with van der Waals surface area (Å²) in [6.45, 7) is 4.04. The highest BCUT2D eigenvalue weighted by molar-refractivity contribution is 5.73. The Morgan fingerprint density at radius 3 is 2.90 bits per heavy atom. The van der Waals surface area contributed by atoms with E-state index in [4.69, 9.17) is 9.47 Å². The van der Waals surface area contributed by atoms with Gasteiger partial charge in [-0.25, -0.2) is 0 Å². The average molecular weight is 278 g/mol. The summed E-state index contributed by atoms with van der Waals surface area (Å²) < 4.78 is 10.8. The van der Waals surface area contributed by atoms with Gasteiger partial charge < -0.3 is 14.6 Å². The molecule has 0 saturated heterocycles. The van der Waals surface area contributed by atoms with Gasteiger partial charge in [-0.1, -0.05) is 19.1 Å². The topological polar surface area (TPSA) is 55.8 Å². The third kappa shape index (κ3) is 2.66. The zero-order chi connectivity index (χ0) is 14.8. The Labute approximate surface area is 119 Å².